The summed E-state index contributed by atoms with van der Waals surface area (Å²) >= 11 is 0. The largest absolute Gasteiger partial charge is 0.494 e. The van der Waals surface area contributed by atoms with E-state index in [1.807, 2.05) is 25.3 Å². The number of nitrogens with zero attached hydrogens (tertiary/aromatic N) is 4. The molecule has 1 atom stereocenters. The topological polar surface area (TPSA) is 62.6 Å². The van der Waals surface area contributed by atoms with Crippen LogP contribution in [0.15, 0.2) is 72.2 Å². The second-order valence-electron chi connectivity index (χ2n) is 7.39. The number of fused-ring (bicyclic) bond motifs is 1. The van der Waals surface area contributed by atoms with E-state index in [9.17, 15) is 0 Å². The third kappa shape index (κ3) is 4.27. The van der Waals surface area contributed by atoms with Crippen LogP contribution >= 0.6 is 0 Å². The summed E-state index contributed by atoms with van der Waals surface area (Å²) in [5, 5.41) is 3.54. The number of anilines is 1. The number of aromatic nitrogens is 2. The summed E-state index contributed by atoms with van der Waals surface area (Å²) in [6.07, 6.45) is 15.5. The first-order chi connectivity index (χ1) is 14.7. The van der Waals surface area contributed by atoms with Crippen molar-refractivity contribution in [2.75, 3.05) is 11.9 Å². The third-order valence-corrected chi connectivity index (χ3v) is 5.13. The monoisotopic (exact) mass is 401 g/mol. The van der Waals surface area contributed by atoms with Crippen LogP contribution in [0.3, 0.4) is 0 Å². The Morgan fingerprint density at radius 2 is 2.03 bits per heavy atom. The fraction of sp³-hybridized carbons (Fsp3) is 0.292. The number of allylic oxidation sites excluding steroid dienone is 2. The Morgan fingerprint density at radius 3 is 2.80 bits per heavy atom. The van der Waals surface area contributed by atoms with Crippen molar-refractivity contribution in [1.82, 2.24) is 14.9 Å². The highest BCUT2D eigenvalue weighted by atomic mass is 16.5. The van der Waals surface area contributed by atoms with Gasteiger partial charge in [-0.3, -0.25) is 0 Å². The molecule has 4 rings (SSSR count). The number of aryl methyl sites for hydroxylation is 1. The van der Waals surface area contributed by atoms with Gasteiger partial charge in [0.2, 0.25) is 0 Å². The molecule has 0 saturated carbocycles. The van der Waals surface area contributed by atoms with E-state index in [2.05, 4.69) is 58.5 Å². The third-order valence-electron chi connectivity index (χ3n) is 5.13. The van der Waals surface area contributed by atoms with Crippen LogP contribution in [-0.4, -0.2) is 27.3 Å². The van der Waals surface area contributed by atoms with Crippen molar-refractivity contribution in [3.63, 3.8) is 0 Å². The molecule has 1 aromatic carbocycles. The van der Waals surface area contributed by atoms with E-state index in [0.717, 1.165) is 47.1 Å². The zero-order chi connectivity index (χ0) is 20.9. The van der Waals surface area contributed by atoms with Crippen molar-refractivity contribution < 1.29 is 4.74 Å². The molecule has 2 aliphatic rings. The summed E-state index contributed by atoms with van der Waals surface area (Å²) in [7, 11) is 0. The molecule has 1 unspecified atom stereocenters. The van der Waals surface area contributed by atoms with Gasteiger partial charge >= 0.3 is 0 Å². The van der Waals surface area contributed by atoms with Crippen LogP contribution < -0.4 is 10.1 Å². The van der Waals surface area contributed by atoms with Gasteiger partial charge in [-0.05, 0) is 49.4 Å². The maximum atomic E-state index is 5.75. The normalized spacial score (nSPS) is 18.0. The van der Waals surface area contributed by atoms with Gasteiger partial charge in [0, 0.05) is 36.0 Å². The first-order valence-corrected chi connectivity index (χ1v) is 10.4. The van der Waals surface area contributed by atoms with Gasteiger partial charge in [-0.15, -0.1) is 0 Å². The lowest BCUT2D eigenvalue weighted by Crippen LogP contribution is -2.27. The van der Waals surface area contributed by atoms with Gasteiger partial charge in [0.15, 0.2) is 5.84 Å². The molecule has 154 valence electrons. The fourth-order valence-corrected chi connectivity index (χ4v) is 3.50. The standard InChI is InChI=1S/C24H27N5O/c1-4-18-12-20(7-9-23(18)30-5-2)27-24-22-8-6-17(3)10-11-29(22)15-21(28-24)19-13-25-16-26-14-19/h7-17H,4-6H2,1-3H3,(H,27,28). The number of hydrogen-bond donors (Lipinski definition) is 1. The quantitative estimate of drug-likeness (QED) is 0.764. The lowest BCUT2D eigenvalue weighted by Gasteiger charge is -2.26. The Hall–Kier alpha value is -3.41. The summed E-state index contributed by atoms with van der Waals surface area (Å²) in [5.74, 6) is 2.21. The van der Waals surface area contributed by atoms with Crippen LogP contribution in [0.2, 0.25) is 0 Å². The molecule has 2 aromatic rings. The first kappa shape index (κ1) is 19.9. The highest BCUT2D eigenvalue weighted by Crippen LogP contribution is 2.30. The number of rotatable bonds is 5. The molecule has 6 heteroatoms. The summed E-state index contributed by atoms with van der Waals surface area (Å²) in [5.41, 5.74) is 4.90. The average molecular weight is 402 g/mol. The van der Waals surface area contributed by atoms with Crippen molar-refractivity contribution in [3.8, 4) is 5.75 Å². The van der Waals surface area contributed by atoms with Gasteiger partial charge < -0.3 is 15.0 Å². The van der Waals surface area contributed by atoms with Gasteiger partial charge in [-0.1, -0.05) is 26.0 Å². The van der Waals surface area contributed by atoms with Crippen molar-refractivity contribution in [2.24, 2.45) is 10.9 Å². The zero-order valence-electron chi connectivity index (χ0n) is 17.7. The molecule has 0 spiro atoms. The van der Waals surface area contributed by atoms with E-state index in [1.54, 1.807) is 12.4 Å². The van der Waals surface area contributed by atoms with E-state index >= 15 is 0 Å². The lowest BCUT2D eigenvalue weighted by molar-refractivity contribution is 0.337. The predicted octanol–water partition coefficient (Wildman–Crippen LogP) is 5.00. The van der Waals surface area contributed by atoms with Crippen LogP contribution in [0.1, 0.15) is 38.3 Å². The molecule has 30 heavy (non-hydrogen) atoms. The van der Waals surface area contributed by atoms with Crippen molar-refractivity contribution >= 4 is 17.2 Å². The van der Waals surface area contributed by atoms with E-state index in [-0.39, 0.29) is 0 Å². The Bertz CT molecular complexity index is 1020. The minimum atomic E-state index is 0.471. The van der Waals surface area contributed by atoms with Gasteiger partial charge in [-0.2, -0.15) is 0 Å². The molecule has 0 fully saturated rings. The first-order valence-electron chi connectivity index (χ1n) is 10.4. The molecule has 0 aliphatic carbocycles. The van der Waals surface area contributed by atoms with E-state index in [4.69, 9.17) is 9.73 Å². The summed E-state index contributed by atoms with van der Waals surface area (Å²) in [4.78, 5) is 15.3. The Morgan fingerprint density at radius 1 is 1.20 bits per heavy atom. The van der Waals surface area contributed by atoms with Gasteiger partial charge in [0.1, 0.15) is 12.1 Å². The van der Waals surface area contributed by atoms with Gasteiger partial charge in [-0.25, -0.2) is 15.0 Å². The number of benzene rings is 1. The van der Waals surface area contributed by atoms with Crippen LogP contribution in [0, 0.1) is 5.92 Å². The van der Waals surface area contributed by atoms with E-state index in [1.165, 1.54) is 11.9 Å². The maximum absolute atomic E-state index is 5.75. The number of amidine groups is 1. The van der Waals surface area contributed by atoms with E-state index in [0.29, 0.717) is 12.5 Å². The SMILES string of the molecule is CCOc1ccc(NC2=NC(c3cncnc3)=CN3C=CC(C)CC=C23)cc1CC. The Kier molecular flexibility index (Phi) is 5.93. The molecule has 0 radical (unpaired) electrons. The molecule has 0 amide bonds. The molecule has 1 N–H and O–H groups in total. The number of aliphatic imine (C=N–C) groups is 1. The predicted molar refractivity (Wildman–Crippen MR) is 121 cm³/mol. The van der Waals surface area contributed by atoms with Gasteiger partial charge in [0.05, 0.1) is 18.0 Å². The van der Waals surface area contributed by atoms with Crippen molar-refractivity contribution in [3.05, 3.63) is 78.3 Å². The van der Waals surface area contributed by atoms with Crippen LogP contribution in [0.5, 0.6) is 5.75 Å². The number of hydrogen-bond acceptors (Lipinski definition) is 6. The molecule has 1 aromatic heterocycles. The second-order valence-corrected chi connectivity index (χ2v) is 7.39. The van der Waals surface area contributed by atoms with E-state index < -0.39 is 0 Å². The van der Waals surface area contributed by atoms with Crippen LogP contribution in [-0.2, 0) is 6.42 Å². The Labute approximate surface area is 177 Å². The summed E-state index contributed by atoms with van der Waals surface area (Å²) < 4.78 is 5.75. The maximum Gasteiger partial charge on any atom is 0.155 e. The second kappa shape index (κ2) is 8.95. The summed E-state index contributed by atoms with van der Waals surface area (Å²) in [6, 6.07) is 6.20. The van der Waals surface area contributed by atoms with Crippen molar-refractivity contribution in [1.29, 1.82) is 0 Å². The number of ether oxygens (including phenoxy) is 1. The zero-order valence-corrected chi connectivity index (χ0v) is 17.7. The lowest BCUT2D eigenvalue weighted by atomic mass is 10.1. The highest BCUT2D eigenvalue weighted by Gasteiger charge is 2.22. The minimum absolute atomic E-state index is 0.471. The summed E-state index contributed by atoms with van der Waals surface area (Å²) in [6.45, 7) is 7.01. The molecular formula is C24H27N5O. The number of nitrogens with one attached hydrogen (secondary N) is 1. The smallest absolute Gasteiger partial charge is 0.155 e. The van der Waals surface area contributed by atoms with Gasteiger partial charge in [0.25, 0.3) is 0 Å². The molecule has 3 heterocycles. The molecular weight excluding hydrogens is 374 g/mol. The van der Waals surface area contributed by atoms with Crippen LogP contribution in [0.25, 0.3) is 5.70 Å². The fourth-order valence-electron chi connectivity index (χ4n) is 3.50. The highest BCUT2D eigenvalue weighted by molar-refractivity contribution is 6.11. The molecule has 2 aliphatic heterocycles. The minimum Gasteiger partial charge on any atom is -0.494 e. The molecule has 0 bridgehead atoms. The Balaban J connectivity index is 1.71. The van der Waals surface area contributed by atoms with Crippen molar-refractivity contribution in [2.45, 2.75) is 33.6 Å². The van der Waals surface area contributed by atoms with Crippen LogP contribution in [0.4, 0.5) is 5.69 Å². The average Bonchev–Trinajstić information content (AvgIpc) is 2.97. The molecule has 6 nitrogen and oxygen atoms in total. The molecule has 0 saturated heterocycles.